The van der Waals surface area contributed by atoms with Crippen molar-refractivity contribution in [2.24, 2.45) is 0 Å². The van der Waals surface area contributed by atoms with Gasteiger partial charge in [-0.3, -0.25) is 34.3 Å². The number of nitrogens with one attached hydrogen (secondary N) is 1. The summed E-state index contributed by atoms with van der Waals surface area (Å²) in [5.41, 5.74) is 2.86. The number of aryl methyl sites for hydroxylation is 1. The van der Waals surface area contributed by atoms with Crippen LogP contribution in [-0.4, -0.2) is 47.9 Å². The Morgan fingerprint density at radius 3 is 2.05 bits per heavy atom. The highest BCUT2D eigenvalue weighted by Gasteiger charge is 2.37. The third kappa shape index (κ3) is 4.55. The molecule has 0 saturated carbocycles. The van der Waals surface area contributed by atoms with Gasteiger partial charge in [-0.25, -0.2) is 0 Å². The Morgan fingerprint density at radius 2 is 1.46 bits per heavy atom. The summed E-state index contributed by atoms with van der Waals surface area (Å²) in [7, 11) is 2.90. The van der Waals surface area contributed by atoms with Crippen molar-refractivity contribution in [3.05, 3.63) is 94.1 Å². The number of nitrogens with zero attached hydrogens (tertiary/aromatic N) is 2. The molecule has 5 rings (SSSR count). The van der Waals surface area contributed by atoms with Crippen LogP contribution in [0.3, 0.4) is 0 Å². The van der Waals surface area contributed by atoms with Crippen LogP contribution in [0, 0.1) is 6.92 Å². The summed E-state index contributed by atoms with van der Waals surface area (Å²) in [6, 6.07) is 17.0. The Morgan fingerprint density at radius 1 is 0.846 bits per heavy atom. The Kier molecular flexibility index (Phi) is 6.71. The molecule has 39 heavy (non-hydrogen) atoms. The fraction of sp³-hybridized carbons (Fsp3) is 0.138. The van der Waals surface area contributed by atoms with Crippen LogP contribution in [0.2, 0.25) is 0 Å². The molecule has 0 unspecified atom stereocenters. The molecule has 1 N–H and O–H groups in total. The summed E-state index contributed by atoms with van der Waals surface area (Å²) >= 11 is 5.28. The Balaban J connectivity index is 1.54. The van der Waals surface area contributed by atoms with E-state index in [-0.39, 0.29) is 17.2 Å². The van der Waals surface area contributed by atoms with Crippen molar-refractivity contribution in [3.8, 4) is 11.5 Å². The summed E-state index contributed by atoms with van der Waals surface area (Å²) in [4.78, 5) is 54.6. The van der Waals surface area contributed by atoms with E-state index in [9.17, 15) is 19.2 Å². The van der Waals surface area contributed by atoms with E-state index in [1.165, 1.54) is 25.2 Å². The minimum atomic E-state index is -0.659. The lowest BCUT2D eigenvalue weighted by molar-refractivity contribution is -0.122. The molecule has 0 aliphatic carbocycles. The number of methoxy groups -OCH3 is 2. The lowest BCUT2D eigenvalue weighted by Gasteiger charge is -2.29. The largest absolute Gasteiger partial charge is 0.496 e. The summed E-state index contributed by atoms with van der Waals surface area (Å²) in [5, 5.41) is 2.54. The second kappa shape index (κ2) is 10.1. The molecule has 0 aromatic heterocycles. The number of benzene rings is 3. The fourth-order valence-corrected chi connectivity index (χ4v) is 4.80. The third-order valence-corrected chi connectivity index (χ3v) is 6.82. The molecule has 1 saturated heterocycles. The zero-order valence-corrected chi connectivity index (χ0v) is 22.1. The lowest BCUT2D eigenvalue weighted by Crippen LogP contribution is -2.54. The Hall–Kier alpha value is -4.83. The lowest BCUT2D eigenvalue weighted by atomic mass is 10.0. The summed E-state index contributed by atoms with van der Waals surface area (Å²) < 4.78 is 11.0. The van der Waals surface area contributed by atoms with Gasteiger partial charge in [0.1, 0.15) is 17.1 Å². The molecule has 196 valence electrons. The van der Waals surface area contributed by atoms with Crippen LogP contribution < -0.4 is 19.7 Å². The highest BCUT2D eigenvalue weighted by Crippen LogP contribution is 2.34. The predicted octanol–water partition coefficient (Wildman–Crippen LogP) is 3.64. The van der Waals surface area contributed by atoms with Gasteiger partial charge in [0.25, 0.3) is 23.6 Å². The standard InChI is InChI=1S/C29H23N3O6S/c1-16-8-10-19(11-9-16)32-28(36)22(25(33)30-29(32)39)13-17-12-18(24(38-3)14-23(17)37-2)15-31-26(34)20-6-4-5-7-21(20)27(31)35/h4-14H,15H2,1-3H3,(H,30,33,39)/b22-13+. The molecule has 1 fully saturated rings. The Labute approximate surface area is 229 Å². The summed E-state index contributed by atoms with van der Waals surface area (Å²) in [6.45, 7) is 1.83. The zero-order valence-electron chi connectivity index (χ0n) is 21.3. The molecule has 0 bridgehead atoms. The number of fused-ring (bicyclic) bond motifs is 1. The van der Waals surface area contributed by atoms with Crippen molar-refractivity contribution in [3.63, 3.8) is 0 Å². The van der Waals surface area contributed by atoms with Gasteiger partial charge in [0.05, 0.1) is 37.6 Å². The number of hydrogen-bond acceptors (Lipinski definition) is 7. The minimum Gasteiger partial charge on any atom is -0.496 e. The van der Waals surface area contributed by atoms with Crippen molar-refractivity contribution in [2.75, 3.05) is 19.1 Å². The van der Waals surface area contributed by atoms with Gasteiger partial charge in [-0.15, -0.1) is 0 Å². The maximum atomic E-state index is 13.5. The number of carbonyl (C=O) groups excluding carboxylic acids is 4. The van der Waals surface area contributed by atoms with E-state index in [4.69, 9.17) is 21.7 Å². The first-order valence-corrected chi connectivity index (χ1v) is 12.3. The first-order valence-electron chi connectivity index (χ1n) is 11.9. The van der Waals surface area contributed by atoms with Gasteiger partial charge in [0.15, 0.2) is 5.11 Å². The van der Waals surface area contributed by atoms with E-state index in [1.807, 2.05) is 19.1 Å². The zero-order chi connectivity index (χ0) is 27.8. The van der Waals surface area contributed by atoms with E-state index in [0.29, 0.717) is 39.4 Å². The van der Waals surface area contributed by atoms with Crippen molar-refractivity contribution < 1.29 is 28.7 Å². The smallest absolute Gasteiger partial charge is 0.270 e. The molecule has 9 nitrogen and oxygen atoms in total. The maximum absolute atomic E-state index is 13.5. The average molecular weight is 542 g/mol. The summed E-state index contributed by atoms with van der Waals surface area (Å²) in [5.74, 6) is -1.41. The molecule has 4 amide bonds. The minimum absolute atomic E-state index is 0.0287. The molecule has 2 aliphatic rings. The SMILES string of the molecule is COc1cc(OC)c(CN2C(=O)c3ccccc3C2=O)cc1/C=C1\C(=O)NC(=S)N(c2ccc(C)cc2)C1=O. The molecular weight excluding hydrogens is 518 g/mol. The first-order chi connectivity index (χ1) is 18.7. The first kappa shape index (κ1) is 25.8. The number of imide groups is 1. The van der Waals surface area contributed by atoms with Gasteiger partial charge in [-0.1, -0.05) is 29.8 Å². The van der Waals surface area contributed by atoms with Crippen LogP contribution in [0.15, 0.2) is 66.2 Å². The van der Waals surface area contributed by atoms with Gasteiger partial charge < -0.3 is 9.47 Å². The molecule has 2 aliphatic heterocycles. The van der Waals surface area contributed by atoms with E-state index in [0.717, 1.165) is 10.5 Å². The highest BCUT2D eigenvalue weighted by molar-refractivity contribution is 7.80. The molecule has 0 spiro atoms. The Bertz CT molecular complexity index is 1560. The normalized spacial score (nSPS) is 16.1. The molecule has 3 aromatic rings. The topological polar surface area (TPSA) is 105 Å². The molecule has 0 radical (unpaired) electrons. The molecule has 2 heterocycles. The molecular formula is C29H23N3O6S. The number of anilines is 1. The van der Waals surface area contributed by atoms with Gasteiger partial charge in [0.2, 0.25) is 0 Å². The van der Waals surface area contributed by atoms with Gasteiger partial charge in [-0.05, 0) is 55.5 Å². The number of rotatable bonds is 6. The van der Waals surface area contributed by atoms with Crippen molar-refractivity contribution >= 4 is 52.7 Å². The molecule has 0 atom stereocenters. The number of amides is 4. The predicted molar refractivity (Wildman–Crippen MR) is 148 cm³/mol. The van der Waals surface area contributed by atoms with Crippen LogP contribution in [-0.2, 0) is 16.1 Å². The van der Waals surface area contributed by atoms with Crippen molar-refractivity contribution in [1.82, 2.24) is 10.2 Å². The monoisotopic (exact) mass is 541 g/mol. The second-order valence-electron chi connectivity index (χ2n) is 8.94. The van der Waals surface area contributed by atoms with E-state index < -0.39 is 23.6 Å². The van der Waals surface area contributed by atoms with E-state index in [2.05, 4.69) is 5.32 Å². The molecule has 3 aromatic carbocycles. The molecule has 10 heteroatoms. The van der Waals surface area contributed by atoms with Crippen LogP contribution in [0.4, 0.5) is 5.69 Å². The third-order valence-electron chi connectivity index (χ3n) is 6.53. The van der Waals surface area contributed by atoms with E-state index in [1.54, 1.807) is 48.5 Å². The highest BCUT2D eigenvalue weighted by atomic mass is 32.1. The fourth-order valence-electron chi connectivity index (χ4n) is 4.52. The maximum Gasteiger partial charge on any atom is 0.270 e. The quantitative estimate of drug-likeness (QED) is 0.220. The van der Waals surface area contributed by atoms with E-state index >= 15 is 0 Å². The number of thiocarbonyl (C=S) groups is 1. The number of ether oxygens (including phenoxy) is 2. The van der Waals surface area contributed by atoms with Gasteiger partial charge in [-0.2, -0.15) is 0 Å². The van der Waals surface area contributed by atoms with Crippen LogP contribution in [0.1, 0.15) is 37.4 Å². The number of carbonyl (C=O) groups is 4. The second-order valence-corrected chi connectivity index (χ2v) is 9.33. The average Bonchev–Trinajstić information content (AvgIpc) is 3.17. The van der Waals surface area contributed by atoms with Crippen LogP contribution in [0.5, 0.6) is 11.5 Å². The van der Waals surface area contributed by atoms with Crippen molar-refractivity contribution in [1.29, 1.82) is 0 Å². The summed E-state index contributed by atoms with van der Waals surface area (Å²) in [6.07, 6.45) is 1.39. The number of hydrogen-bond donors (Lipinski definition) is 1. The van der Waals surface area contributed by atoms with Gasteiger partial charge >= 0.3 is 0 Å². The van der Waals surface area contributed by atoms with Gasteiger partial charge in [0, 0.05) is 17.2 Å². The van der Waals surface area contributed by atoms with Crippen LogP contribution >= 0.6 is 12.2 Å². The van der Waals surface area contributed by atoms with Crippen molar-refractivity contribution in [2.45, 2.75) is 13.5 Å². The van der Waals surface area contributed by atoms with Crippen LogP contribution in [0.25, 0.3) is 6.08 Å².